The highest BCUT2D eigenvalue weighted by Crippen LogP contribution is 2.47. The molecule has 192 valence electrons. The van der Waals surface area contributed by atoms with E-state index in [0.29, 0.717) is 22.5 Å². The SMILES string of the molecule is C=C1CN(S(=O)(=O)c2ccc(C)cc2)[C@@H](c2ccccc2Br)[C@@H]1C(=O)N(c1ccccc1)c1ccccc1. The number of carbonyl (C=O) groups is 1. The summed E-state index contributed by atoms with van der Waals surface area (Å²) in [7, 11) is -3.94. The molecule has 1 fully saturated rings. The fraction of sp³-hybridized carbons (Fsp3) is 0.129. The van der Waals surface area contributed by atoms with Crippen LogP contribution in [0.4, 0.5) is 11.4 Å². The van der Waals surface area contributed by atoms with Gasteiger partial charge in [0.25, 0.3) is 0 Å². The number of amides is 1. The minimum Gasteiger partial charge on any atom is -0.280 e. The lowest BCUT2D eigenvalue weighted by Gasteiger charge is -2.32. The van der Waals surface area contributed by atoms with E-state index in [0.717, 1.165) is 10.0 Å². The number of halogens is 1. The smallest absolute Gasteiger partial charge is 0.243 e. The van der Waals surface area contributed by atoms with Crippen molar-refractivity contribution in [2.75, 3.05) is 11.4 Å². The fourth-order valence-corrected chi connectivity index (χ4v) is 7.06. The highest BCUT2D eigenvalue weighted by Gasteiger charge is 2.49. The van der Waals surface area contributed by atoms with Crippen LogP contribution in [0.1, 0.15) is 17.2 Å². The monoisotopic (exact) mass is 586 g/mol. The molecule has 0 radical (unpaired) electrons. The Labute approximate surface area is 232 Å². The van der Waals surface area contributed by atoms with Crippen LogP contribution in [0.25, 0.3) is 0 Å². The molecule has 0 aliphatic carbocycles. The van der Waals surface area contributed by atoms with E-state index in [1.165, 1.54) is 4.31 Å². The average molecular weight is 588 g/mol. The number of rotatable bonds is 6. The molecule has 0 saturated carbocycles. The predicted octanol–water partition coefficient (Wildman–Crippen LogP) is 7.04. The number of nitrogens with zero attached hydrogens (tertiary/aromatic N) is 2. The van der Waals surface area contributed by atoms with Gasteiger partial charge in [0, 0.05) is 22.4 Å². The Kier molecular flexibility index (Phi) is 7.34. The van der Waals surface area contributed by atoms with Crippen LogP contribution in [-0.2, 0) is 14.8 Å². The molecule has 1 aliphatic rings. The Bertz CT molecular complexity index is 1530. The average Bonchev–Trinajstić information content (AvgIpc) is 3.28. The second kappa shape index (κ2) is 10.7. The second-order valence-corrected chi connectivity index (χ2v) is 12.1. The van der Waals surface area contributed by atoms with E-state index in [2.05, 4.69) is 22.5 Å². The van der Waals surface area contributed by atoms with E-state index < -0.39 is 22.0 Å². The van der Waals surface area contributed by atoms with Crippen LogP contribution in [0.15, 0.2) is 131 Å². The molecule has 1 amide bonds. The summed E-state index contributed by atoms with van der Waals surface area (Å²) in [4.78, 5) is 16.4. The minimum absolute atomic E-state index is 0.0377. The van der Waals surface area contributed by atoms with Gasteiger partial charge in [0.1, 0.15) is 0 Å². The van der Waals surface area contributed by atoms with Crippen molar-refractivity contribution < 1.29 is 13.2 Å². The number of para-hydroxylation sites is 2. The standard InChI is InChI=1S/C31H27BrN2O3S/c1-22-17-19-26(20-18-22)38(36,37)33-21-23(2)29(30(33)27-15-9-10-16-28(27)32)31(35)34(24-11-5-3-6-12-24)25-13-7-4-8-14-25/h3-20,29-30H,2,21H2,1H3/t29-,30+/m1/s1. The molecule has 4 aromatic carbocycles. The molecule has 5 nitrogen and oxygen atoms in total. The molecule has 38 heavy (non-hydrogen) atoms. The molecule has 0 unspecified atom stereocenters. The molecule has 2 atom stereocenters. The van der Waals surface area contributed by atoms with Gasteiger partial charge in [-0.2, -0.15) is 4.31 Å². The summed E-state index contributed by atoms with van der Waals surface area (Å²) >= 11 is 3.61. The van der Waals surface area contributed by atoms with E-state index in [9.17, 15) is 13.2 Å². The van der Waals surface area contributed by atoms with E-state index in [1.54, 1.807) is 29.2 Å². The van der Waals surface area contributed by atoms with Crippen LogP contribution in [0.5, 0.6) is 0 Å². The number of aryl methyl sites for hydroxylation is 1. The van der Waals surface area contributed by atoms with Gasteiger partial charge in [0.05, 0.1) is 16.9 Å². The van der Waals surface area contributed by atoms with Crippen LogP contribution in [0, 0.1) is 12.8 Å². The zero-order valence-electron chi connectivity index (χ0n) is 20.9. The lowest BCUT2D eigenvalue weighted by molar-refractivity contribution is -0.121. The van der Waals surface area contributed by atoms with Crippen molar-refractivity contribution in [2.45, 2.75) is 17.9 Å². The number of hydrogen-bond donors (Lipinski definition) is 0. The van der Waals surface area contributed by atoms with Crippen molar-refractivity contribution in [1.29, 1.82) is 0 Å². The molecule has 7 heteroatoms. The Morgan fingerprint density at radius 2 is 1.37 bits per heavy atom. The largest absolute Gasteiger partial charge is 0.280 e. The van der Waals surface area contributed by atoms with Crippen LogP contribution in [0.3, 0.4) is 0 Å². The third kappa shape index (κ3) is 4.85. The van der Waals surface area contributed by atoms with Gasteiger partial charge in [-0.1, -0.05) is 94.8 Å². The molecule has 0 aromatic heterocycles. The first-order valence-electron chi connectivity index (χ1n) is 12.2. The zero-order valence-corrected chi connectivity index (χ0v) is 23.3. The molecular formula is C31H27BrN2O3S. The first-order chi connectivity index (χ1) is 18.3. The number of carbonyl (C=O) groups excluding carboxylic acids is 1. The lowest BCUT2D eigenvalue weighted by Crippen LogP contribution is -2.38. The third-order valence-corrected chi connectivity index (χ3v) is 9.36. The highest BCUT2D eigenvalue weighted by atomic mass is 79.9. The number of benzene rings is 4. The van der Waals surface area contributed by atoms with Gasteiger partial charge in [-0.15, -0.1) is 0 Å². The molecule has 0 N–H and O–H groups in total. The highest BCUT2D eigenvalue weighted by molar-refractivity contribution is 9.10. The van der Waals surface area contributed by atoms with E-state index in [1.807, 2.05) is 91.9 Å². The van der Waals surface area contributed by atoms with Gasteiger partial charge in [-0.25, -0.2) is 8.42 Å². The first kappa shape index (κ1) is 26.1. The van der Waals surface area contributed by atoms with Gasteiger partial charge in [-0.3, -0.25) is 9.69 Å². The number of anilines is 2. The molecule has 5 rings (SSSR count). The van der Waals surface area contributed by atoms with Crippen molar-refractivity contribution in [1.82, 2.24) is 4.31 Å². The van der Waals surface area contributed by atoms with Crippen molar-refractivity contribution in [3.63, 3.8) is 0 Å². The minimum atomic E-state index is -3.94. The molecule has 1 saturated heterocycles. The Balaban J connectivity index is 1.66. The predicted molar refractivity (Wildman–Crippen MR) is 155 cm³/mol. The summed E-state index contributed by atoms with van der Waals surface area (Å²) in [5.41, 5.74) is 3.61. The van der Waals surface area contributed by atoms with Crippen LogP contribution in [-0.4, -0.2) is 25.2 Å². The van der Waals surface area contributed by atoms with Crippen molar-refractivity contribution in [3.8, 4) is 0 Å². The topological polar surface area (TPSA) is 57.7 Å². The van der Waals surface area contributed by atoms with Crippen molar-refractivity contribution >= 4 is 43.2 Å². The Morgan fingerprint density at radius 1 is 0.842 bits per heavy atom. The summed E-state index contributed by atoms with van der Waals surface area (Å²) in [6, 6.07) is 32.2. The van der Waals surface area contributed by atoms with E-state index >= 15 is 0 Å². The zero-order chi connectivity index (χ0) is 26.9. The number of hydrogen-bond acceptors (Lipinski definition) is 3. The summed E-state index contributed by atoms with van der Waals surface area (Å²) in [5.74, 6) is -1.05. The van der Waals surface area contributed by atoms with Gasteiger partial charge < -0.3 is 0 Å². The van der Waals surface area contributed by atoms with Crippen LogP contribution in [0.2, 0.25) is 0 Å². The number of sulfonamides is 1. The molecule has 1 aliphatic heterocycles. The molecule has 0 bridgehead atoms. The Morgan fingerprint density at radius 3 is 1.92 bits per heavy atom. The normalized spacial score (nSPS) is 17.9. The van der Waals surface area contributed by atoms with E-state index in [4.69, 9.17) is 0 Å². The molecule has 4 aromatic rings. The fourth-order valence-electron chi connectivity index (χ4n) is 4.92. The van der Waals surface area contributed by atoms with Crippen molar-refractivity contribution in [2.24, 2.45) is 5.92 Å². The quantitative estimate of drug-likeness (QED) is 0.228. The second-order valence-electron chi connectivity index (χ2n) is 9.31. The van der Waals surface area contributed by atoms with Crippen molar-refractivity contribution in [3.05, 3.63) is 137 Å². The summed E-state index contributed by atoms with van der Waals surface area (Å²) < 4.78 is 30.2. The first-order valence-corrected chi connectivity index (χ1v) is 14.5. The summed E-state index contributed by atoms with van der Waals surface area (Å²) in [5, 5.41) is 0. The van der Waals surface area contributed by atoms with Gasteiger partial charge in [0.2, 0.25) is 15.9 Å². The van der Waals surface area contributed by atoms with E-state index in [-0.39, 0.29) is 17.3 Å². The van der Waals surface area contributed by atoms with Crippen LogP contribution >= 0.6 is 15.9 Å². The molecule has 0 spiro atoms. The summed E-state index contributed by atoms with van der Waals surface area (Å²) in [6.07, 6.45) is 0. The van der Waals surface area contributed by atoms with Gasteiger partial charge in [0.15, 0.2) is 0 Å². The third-order valence-electron chi connectivity index (χ3n) is 6.79. The lowest BCUT2D eigenvalue weighted by atomic mass is 9.90. The maximum Gasteiger partial charge on any atom is 0.243 e. The van der Waals surface area contributed by atoms with Gasteiger partial charge in [-0.05, 0) is 60.5 Å². The summed E-state index contributed by atoms with van der Waals surface area (Å²) in [6.45, 7) is 6.18. The molecular weight excluding hydrogens is 560 g/mol. The Hall–Kier alpha value is -3.52. The molecule has 1 heterocycles. The van der Waals surface area contributed by atoms with Gasteiger partial charge >= 0.3 is 0 Å². The van der Waals surface area contributed by atoms with Crippen LogP contribution < -0.4 is 4.90 Å². The maximum absolute atomic E-state index is 14.5. The maximum atomic E-state index is 14.5.